The molecule has 0 spiro atoms. The molecule has 2 heterocycles. The lowest BCUT2D eigenvalue weighted by molar-refractivity contribution is -0.138. The summed E-state index contributed by atoms with van der Waals surface area (Å²) >= 11 is 1.99. The molecule has 4 rings (SSSR count). The number of halogens is 3. The Morgan fingerprint density at radius 3 is 2.72 bits per heavy atom. The number of nitrogens with zero attached hydrogens (tertiary/aromatic N) is 2. The van der Waals surface area contributed by atoms with E-state index in [2.05, 4.69) is 4.98 Å². The van der Waals surface area contributed by atoms with E-state index in [1.807, 2.05) is 0 Å². The Kier molecular flexibility index (Phi) is 4.99. The van der Waals surface area contributed by atoms with Crippen LogP contribution in [-0.2, 0) is 9.59 Å². The molecule has 10 heteroatoms. The van der Waals surface area contributed by atoms with E-state index in [4.69, 9.17) is 5.11 Å². The number of para-hydroxylation sites is 1. The summed E-state index contributed by atoms with van der Waals surface area (Å²) in [4.78, 5) is 30.4. The molecule has 1 amide bonds. The monoisotopic (exact) mass is 438 g/mol. The number of carboxylic acid groups (broad SMARTS) is 1. The SMILES string of the molecule is CC(c1nc2c(F)c(F)cc(F)c2s1)N1C(=O)C(CC(=O)O)Sc2ccccc21. The molecule has 2 atom stereocenters. The third-order valence-corrected chi connectivity index (χ3v) is 7.03. The van der Waals surface area contributed by atoms with Gasteiger partial charge in [0, 0.05) is 11.0 Å². The van der Waals surface area contributed by atoms with Crippen LogP contribution < -0.4 is 4.90 Å². The third-order valence-electron chi connectivity index (χ3n) is 4.54. The van der Waals surface area contributed by atoms with E-state index in [9.17, 15) is 22.8 Å². The second-order valence-electron chi connectivity index (χ2n) is 6.44. The van der Waals surface area contributed by atoms with Crippen LogP contribution in [0.1, 0.15) is 24.4 Å². The van der Waals surface area contributed by atoms with Crippen LogP contribution in [0.15, 0.2) is 35.2 Å². The fraction of sp³-hybridized carbons (Fsp3) is 0.211. The zero-order valence-corrected chi connectivity index (χ0v) is 16.5. The van der Waals surface area contributed by atoms with Gasteiger partial charge in [0.25, 0.3) is 0 Å². The van der Waals surface area contributed by atoms with Gasteiger partial charge in [0.15, 0.2) is 11.6 Å². The van der Waals surface area contributed by atoms with E-state index < -0.39 is 46.1 Å². The summed E-state index contributed by atoms with van der Waals surface area (Å²) in [6, 6.07) is 6.71. The number of rotatable bonds is 4. The number of carboxylic acids is 1. The van der Waals surface area contributed by atoms with E-state index in [1.54, 1.807) is 31.2 Å². The van der Waals surface area contributed by atoms with Crippen molar-refractivity contribution >= 4 is 50.9 Å². The number of thiazole rings is 1. The van der Waals surface area contributed by atoms with Crippen molar-refractivity contribution in [3.8, 4) is 0 Å². The molecule has 0 fully saturated rings. The Bertz CT molecular complexity index is 1150. The first kappa shape index (κ1) is 19.7. The van der Waals surface area contributed by atoms with E-state index in [0.29, 0.717) is 11.8 Å². The number of fused-ring (bicyclic) bond motifs is 2. The predicted molar refractivity (Wildman–Crippen MR) is 104 cm³/mol. The summed E-state index contributed by atoms with van der Waals surface area (Å²) < 4.78 is 41.5. The van der Waals surface area contributed by atoms with Crippen molar-refractivity contribution in [3.63, 3.8) is 0 Å². The van der Waals surface area contributed by atoms with Crippen LogP contribution in [0, 0.1) is 17.5 Å². The molecule has 5 nitrogen and oxygen atoms in total. The van der Waals surface area contributed by atoms with Crippen LogP contribution >= 0.6 is 23.1 Å². The number of thioether (sulfide) groups is 1. The van der Waals surface area contributed by atoms with Crippen LogP contribution in [0.3, 0.4) is 0 Å². The highest BCUT2D eigenvalue weighted by Crippen LogP contribution is 2.44. The maximum Gasteiger partial charge on any atom is 0.305 e. The topological polar surface area (TPSA) is 70.5 Å². The molecule has 150 valence electrons. The molecule has 1 N–H and O–H groups in total. The number of carbonyl (C=O) groups excluding carboxylic acids is 1. The van der Waals surface area contributed by atoms with Gasteiger partial charge in [-0.1, -0.05) is 12.1 Å². The van der Waals surface area contributed by atoms with Gasteiger partial charge >= 0.3 is 5.97 Å². The lowest BCUT2D eigenvalue weighted by Gasteiger charge is -2.36. The maximum absolute atomic E-state index is 14.1. The summed E-state index contributed by atoms with van der Waals surface area (Å²) in [6.07, 6.45) is -0.366. The van der Waals surface area contributed by atoms with Crippen LogP contribution in [-0.4, -0.2) is 27.2 Å². The van der Waals surface area contributed by atoms with Crippen molar-refractivity contribution in [1.29, 1.82) is 0 Å². The van der Waals surface area contributed by atoms with Gasteiger partial charge in [-0.3, -0.25) is 9.59 Å². The smallest absolute Gasteiger partial charge is 0.305 e. The highest BCUT2D eigenvalue weighted by Gasteiger charge is 2.38. The minimum Gasteiger partial charge on any atom is -0.481 e. The van der Waals surface area contributed by atoms with Crippen molar-refractivity contribution in [3.05, 3.63) is 52.8 Å². The van der Waals surface area contributed by atoms with Crippen molar-refractivity contribution in [2.45, 2.75) is 29.5 Å². The molecule has 0 bridgehead atoms. The number of hydrogen-bond donors (Lipinski definition) is 1. The van der Waals surface area contributed by atoms with Crippen molar-refractivity contribution in [2.24, 2.45) is 0 Å². The molecule has 0 saturated carbocycles. The minimum absolute atomic E-state index is 0.139. The van der Waals surface area contributed by atoms with Crippen LogP contribution in [0.25, 0.3) is 10.2 Å². The van der Waals surface area contributed by atoms with Crippen molar-refractivity contribution in [2.75, 3.05) is 4.90 Å². The van der Waals surface area contributed by atoms with Gasteiger partial charge in [0.2, 0.25) is 5.91 Å². The summed E-state index contributed by atoms with van der Waals surface area (Å²) in [5.41, 5.74) is 0.131. The van der Waals surface area contributed by atoms with Gasteiger partial charge in [0.05, 0.1) is 28.1 Å². The van der Waals surface area contributed by atoms with Gasteiger partial charge in [-0.25, -0.2) is 18.2 Å². The number of amides is 1. The molecule has 1 aliphatic heterocycles. The zero-order chi connectivity index (χ0) is 20.9. The van der Waals surface area contributed by atoms with Crippen LogP contribution in [0.5, 0.6) is 0 Å². The fourth-order valence-electron chi connectivity index (χ4n) is 3.21. The number of benzene rings is 2. The lowest BCUT2D eigenvalue weighted by Crippen LogP contribution is -2.43. The number of aromatic nitrogens is 1. The summed E-state index contributed by atoms with van der Waals surface area (Å²) in [5.74, 6) is -5.06. The van der Waals surface area contributed by atoms with Gasteiger partial charge in [0.1, 0.15) is 16.3 Å². The molecule has 3 aromatic rings. The van der Waals surface area contributed by atoms with Gasteiger partial charge in [-0.05, 0) is 19.1 Å². The molecule has 29 heavy (non-hydrogen) atoms. The average molecular weight is 438 g/mol. The second kappa shape index (κ2) is 7.34. The summed E-state index contributed by atoms with van der Waals surface area (Å²) in [7, 11) is 0. The minimum atomic E-state index is -1.34. The average Bonchev–Trinajstić information content (AvgIpc) is 3.12. The van der Waals surface area contributed by atoms with E-state index in [1.165, 1.54) is 4.90 Å². The normalized spacial score (nSPS) is 17.4. The standard InChI is InChI=1S/C19H13F3N2O3S2/c1-8(18-23-16-15(22)9(20)6-10(21)17(16)29-18)24-11-4-2-3-5-12(11)28-13(19(24)27)7-14(25)26/h2-6,8,13H,7H2,1H3,(H,25,26). The van der Waals surface area contributed by atoms with Gasteiger partial charge < -0.3 is 10.0 Å². The van der Waals surface area contributed by atoms with Crippen LogP contribution in [0.4, 0.5) is 18.9 Å². The Morgan fingerprint density at radius 1 is 1.28 bits per heavy atom. The van der Waals surface area contributed by atoms with E-state index in [-0.39, 0.29) is 16.1 Å². The van der Waals surface area contributed by atoms with E-state index in [0.717, 1.165) is 28.0 Å². The quantitative estimate of drug-likeness (QED) is 0.595. The second-order valence-corrected chi connectivity index (χ2v) is 8.72. The Morgan fingerprint density at radius 2 is 2.00 bits per heavy atom. The van der Waals surface area contributed by atoms with Crippen molar-refractivity contribution < 1.29 is 27.9 Å². The molecular formula is C19H13F3N2O3S2. The molecule has 0 aliphatic carbocycles. The first-order valence-corrected chi connectivity index (χ1v) is 10.2. The predicted octanol–water partition coefficient (Wildman–Crippen LogP) is 4.76. The molecule has 1 aliphatic rings. The first-order chi connectivity index (χ1) is 13.8. The summed E-state index contributed by atoms with van der Waals surface area (Å²) in [5, 5.41) is 8.52. The number of hydrogen-bond acceptors (Lipinski definition) is 5. The number of aliphatic carboxylic acids is 1. The Hall–Kier alpha value is -2.59. The molecule has 1 aromatic heterocycles. The highest BCUT2D eigenvalue weighted by atomic mass is 32.2. The fourth-order valence-corrected chi connectivity index (χ4v) is 5.41. The largest absolute Gasteiger partial charge is 0.481 e. The Labute approximate surface area is 171 Å². The molecular weight excluding hydrogens is 425 g/mol. The highest BCUT2D eigenvalue weighted by molar-refractivity contribution is 8.01. The first-order valence-electron chi connectivity index (χ1n) is 8.52. The summed E-state index contributed by atoms with van der Waals surface area (Å²) in [6.45, 7) is 1.63. The number of anilines is 1. The maximum atomic E-state index is 14.1. The number of carbonyl (C=O) groups is 2. The van der Waals surface area contributed by atoms with Gasteiger partial charge in [-0.15, -0.1) is 23.1 Å². The third kappa shape index (κ3) is 3.36. The lowest BCUT2D eigenvalue weighted by atomic mass is 10.1. The van der Waals surface area contributed by atoms with Crippen LogP contribution in [0.2, 0.25) is 0 Å². The zero-order valence-electron chi connectivity index (χ0n) is 14.9. The molecule has 0 radical (unpaired) electrons. The van der Waals surface area contributed by atoms with Gasteiger partial charge in [-0.2, -0.15) is 0 Å². The van der Waals surface area contributed by atoms with Crippen molar-refractivity contribution in [1.82, 2.24) is 4.98 Å². The molecule has 0 saturated heterocycles. The Balaban J connectivity index is 1.81. The molecule has 2 aromatic carbocycles. The molecule has 2 unspecified atom stereocenters. The van der Waals surface area contributed by atoms with E-state index >= 15 is 0 Å².